The van der Waals surface area contributed by atoms with E-state index in [9.17, 15) is 9.18 Å². The maximum absolute atomic E-state index is 14.4. The minimum Gasteiger partial charge on any atom is -0.444 e. The summed E-state index contributed by atoms with van der Waals surface area (Å²) in [5.41, 5.74) is 0.955. The van der Waals surface area contributed by atoms with Crippen molar-refractivity contribution in [3.63, 3.8) is 0 Å². The fourth-order valence-corrected chi connectivity index (χ4v) is 8.21. The molecule has 1 amide bonds. The third kappa shape index (κ3) is 5.59. The van der Waals surface area contributed by atoms with E-state index in [-0.39, 0.29) is 17.6 Å². The van der Waals surface area contributed by atoms with Crippen LogP contribution in [0.2, 0.25) is 0 Å². The number of rotatable bonds is 8. The zero-order valence-corrected chi connectivity index (χ0v) is 27.6. The van der Waals surface area contributed by atoms with Gasteiger partial charge >= 0.3 is 6.09 Å². The third-order valence-corrected chi connectivity index (χ3v) is 10.6. The van der Waals surface area contributed by atoms with Crippen LogP contribution in [0.3, 0.4) is 0 Å². The summed E-state index contributed by atoms with van der Waals surface area (Å²) < 4.78 is 27.8. The lowest BCUT2D eigenvalue weighted by Crippen LogP contribution is -2.69. The highest BCUT2D eigenvalue weighted by Gasteiger charge is 2.69. The minimum atomic E-state index is -1.01. The summed E-state index contributed by atoms with van der Waals surface area (Å²) in [6, 6.07) is 4.12. The highest BCUT2D eigenvalue weighted by molar-refractivity contribution is 5.69. The van der Waals surface area contributed by atoms with Crippen molar-refractivity contribution in [1.82, 2.24) is 34.8 Å². The van der Waals surface area contributed by atoms with Crippen LogP contribution in [0, 0.1) is 5.41 Å². The summed E-state index contributed by atoms with van der Waals surface area (Å²) in [6.07, 6.45) is 12.9. The molecule has 0 N–H and O–H groups in total. The first-order valence-corrected chi connectivity index (χ1v) is 17.0. The number of nitrogens with zero attached hydrogens (tertiary/aromatic N) is 9. The SMILES string of the molecule is CC(C)(C)OC(=O)N(CC12CC(F)(C1)C2)[C@@H]1CCCN(c2ccc(C3(n4cc(-c5cncc(N6CCCC6)n5)nn4)COC3)nc2)C1. The van der Waals surface area contributed by atoms with Crippen molar-refractivity contribution in [2.45, 2.75) is 88.6 Å². The average molecular weight is 646 g/mol. The van der Waals surface area contributed by atoms with E-state index in [0.717, 1.165) is 49.7 Å². The van der Waals surface area contributed by atoms with E-state index >= 15 is 0 Å². The topological polar surface area (TPSA) is 115 Å². The number of ether oxygens (including phenoxy) is 2. The van der Waals surface area contributed by atoms with E-state index in [2.05, 4.69) is 31.2 Å². The van der Waals surface area contributed by atoms with Crippen LogP contribution in [0.4, 0.5) is 20.7 Å². The molecule has 12 nitrogen and oxygen atoms in total. The maximum atomic E-state index is 14.4. The van der Waals surface area contributed by atoms with Gasteiger partial charge in [0.05, 0.1) is 55.4 Å². The van der Waals surface area contributed by atoms with Crippen LogP contribution in [-0.4, -0.2) is 104 Å². The number of carbonyl (C=O) groups is 1. The van der Waals surface area contributed by atoms with Crippen LogP contribution in [0.5, 0.6) is 0 Å². The van der Waals surface area contributed by atoms with Crippen molar-refractivity contribution in [2.24, 2.45) is 5.41 Å². The predicted molar refractivity (Wildman–Crippen MR) is 173 cm³/mol. The fourth-order valence-electron chi connectivity index (χ4n) is 8.21. The molecule has 3 aliphatic carbocycles. The largest absolute Gasteiger partial charge is 0.444 e. The number of piperidine rings is 1. The lowest BCUT2D eigenvalue weighted by atomic mass is 9.42. The molecule has 0 radical (unpaired) electrons. The first-order valence-electron chi connectivity index (χ1n) is 17.0. The second-order valence-electron chi connectivity index (χ2n) is 15.5. The molecule has 3 aliphatic heterocycles. The molecule has 6 fully saturated rings. The van der Waals surface area contributed by atoms with Gasteiger partial charge in [-0.25, -0.2) is 18.9 Å². The van der Waals surface area contributed by atoms with Crippen LogP contribution >= 0.6 is 0 Å². The molecule has 9 rings (SSSR count). The Hall–Kier alpha value is -3.87. The number of halogens is 1. The van der Waals surface area contributed by atoms with Gasteiger partial charge in [0.25, 0.3) is 0 Å². The van der Waals surface area contributed by atoms with Crippen molar-refractivity contribution in [1.29, 1.82) is 0 Å². The number of amides is 1. The van der Waals surface area contributed by atoms with Gasteiger partial charge in [-0.15, -0.1) is 5.10 Å². The Morgan fingerprint density at radius 3 is 2.47 bits per heavy atom. The molecule has 0 spiro atoms. The van der Waals surface area contributed by atoms with Gasteiger partial charge in [0.15, 0.2) is 5.54 Å². The molecule has 3 saturated heterocycles. The number of aromatic nitrogens is 6. The van der Waals surface area contributed by atoms with Crippen LogP contribution in [0.1, 0.15) is 71.4 Å². The smallest absolute Gasteiger partial charge is 0.410 e. The molecule has 6 aliphatic rings. The van der Waals surface area contributed by atoms with Gasteiger partial charge in [-0.05, 0) is 83.3 Å². The van der Waals surface area contributed by atoms with E-state index in [0.29, 0.717) is 57.0 Å². The number of hydrogen-bond acceptors (Lipinski definition) is 10. The summed E-state index contributed by atoms with van der Waals surface area (Å²) >= 11 is 0. The van der Waals surface area contributed by atoms with Crippen molar-refractivity contribution >= 4 is 17.6 Å². The molecule has 2 bridgehead atoms. The number of anilines is 2. The maximum Gasteiger partial charge on any atom is 0.410 e. The van der Waals surface area contributed by atoms with Gasteiger partial charge in [-0.2, -0.15) is 0 Å². The fraction of sp³-hybridized carbons (Fsp3) is 0.647. The normalized spacial score (nSPS) is 27.9. The van der Waals surface area contributed by atoms with Crippen molar-refractivity contribution < 1.29 is 18.7 Å². The second kappa shape index (κ2) is 11.1. The summed E-state index contributed by atoms with van der Waals surface area (Å²) in [5.74, 6) is 0.871. The van der Waals surface area contributed by atoms with Crippen molar-refractivity contribution in [3.05, 3.63) is 42.6 Å². The highest BCUT2D eigenvalue weighted by atomic mass is 19.1. The van der Waals surface area contributed by atoms with Crippen LogP contribution < -0.4 is 9.80 Å². The Kier molecular flexibility index (Phi) is 7.19. The lowest BCUT2D eigenvalue weighted by Gasteiger charge is -2.67. The standard InChI is InChI=1S/C34H44FN9O3/c1-31(2,3)47-30(45)43(21-32-18-33(35,19-32)20-32)25-7-6-12-42(16-25)24-8-9-28(37-13-24)34(22-46-23-34)44-17-27(39-40-44)26-14-36-15-29(38-26)41-10-4-5-11-41/h8-9,13-15,17,25H,4-7,10-12,16,18-23H2,1-3H3/t25-,32?,33?/m1/s1. The van der Waals surface area contributed by atoms with Crippen molar-refractivity contribution in [3.8, 4) is 11.4 Å². The van der Waals surface area contributed by atoms with E-state index in [1.54, 1.807) is 6.20 Å². The Morgan fingerprint density at radius 1 is 1.04 bits per heavy atom. The summed E-state index contributed by atoms with van der Waals surface area (Å²) in [7, 11) is 0. The zero-order valence-electron chi connectivity index (χ0n) is 27.6. The molecule has 0 unspecified atom stereocenters. The van der Waals surface area contributed by atoms with Gasteiger partial charge in [0.1, 0.15) is 28.5 Å². The first-order chi connectivity index (χ1) is 22.5. The van der Waals surface area contributed by atoms with E-state index < -0.39 is 16.8 Å². The second-order valence-corrected chi connectivity index (χ2v) is 15.5. The zero-order chi connectivity index (χ0) is 32.4. The van der Waals surface area contributed by atoms with E-state index in [1.807, 2.05) is 55.0 Å². The number of carbonyl (C=O) groups excluding carboxylic acids is 1. The van der Waals surface area contributed by atoms with Gasteiger partial charge in [-0.3, -0.25) is 9.97 Å². The Labute approximate surface area is 274 Å². The molecule has 250 valence electrons. The summed E-state index contributed by atoms with van der Waals surface area (Å²) in [5, 5.41) is 8.96. The van der Waals surface area contributed by atoms with Gasteiger partial charge in [0.2, 0.25) is 0 Å². The van der Waals surface area contributed by atoms with Gasteiger partial charge in [-0.1, -0.05) is 5.21 Å². The Morgan fingerprint density at radius 2 is 1.81 bits per heavy atom. The highest BCUT2D eigenvalue weighted by Crippen LogP contribution is 2.69. The Bertz CT molecular complexity index is 1610. The molecule has 6 heterocycles. The first kappa shape index (κ1) is 30.5. The lowest BCUT2D eigenvalue weighted by molar-refractivity contribution is -0.221. The molecule has 3 aromatic heterocycles. The van der Waals surface area contributed by atoms with Crippen LogP contribution in [0.25, 0.3) is 11.4 Å². The molecule has 0 aromatic carbocycles. The van der Waals surface area contributed by atoms with Gasteiger partial charge < -0.3 is 24.2 Å². The van der Waals surface area contributed by atoms with Crippen LogP contribution in [-0.2, 0) is 15.0 Å². The third-order valence-electron chi connectivity index (χ3n) is 10.6. The van der Waals surface area contributed by atoms with E-state index in [1.165, 1.54) is 12.8 Å². The molecule has 3 aromatic rings. The van der Waals surface area contributed by atoms with E-state index in [4.69, 9.17) is 19.4 Å². The van der Waals surface area contributed by atoms with Crippen LogP contribution in [0.15, 0.2) is 36.9 Å². The quantitative estimate of drug-likeness (QED) is 0.344. The minimum absolute atomic E-state index is 0.0186. The molecular formula is C34H44FN9O3. The summed E-state index contributed by atoms with van der Waals surface area (Å²) in [6.45, 7) is 10.7. The van der Waals surface area contributed by atoms with Crippen molar-refractivity contribution in [2.75, 3.05) is 55.7 Å². The monoisotopic (exact) mass is 645 g/mol. The predicted octanol–water partition coefficient (Wildman–Crippen LogP) is 4.60. The average Bonchev–Trinajstić information content (AvgIpc) is 3.71. The molecule has 3 saturated carbocycles. The number of alkyl halides is 1. The molecule has 13 heteroatoms. The number of hydrogen-bond donors (Lipinski definition) is 0. The van der Waals surface area contributed by atoms with Gasteiger partial charge in [0, 0.05) is 32.7 Å². The number of pyridine rings is 1. The molecule has 1 atom stereocenters. The Balaban J connectivity index is 0.981. The summed E-state index contributed by atoms with van der Waals surface area (Å²) in [4.78, 5) is 34.1. The molecular weight excluding hydrogens is 601 g/mol. The molecule has 47 heavy (non-hydrogen) atoms.